The second-order valence-electron chi connectivity index (χ2n) is 5.10. The second-order valence-corrected chi connectivity index (χ2v) is 5.10. The number of pyridine rings is 2. The molecule has 0 N–H and O–H groups in total. The van der Waals surface area contributed by atoms with E-state index in [1.807, 2.05) is 0 Å². The van der Waals surface area contributed by atoms with Crippen LogP contribution in [0.3, 0.4) is 0 Å². The van der Waals surface area contributed by atoms with E-state index in [1.165, 1.54) is 13.3 Å². The molecule has 0 atom stereocenters. The van der Waals surface area contributed by atoms with E-state index in [2.05, 4.69) is 4.98 Å². The fourth-order valence-corrected chi connectivity index (χ4v) is 2.98. The van der Waals surface area contributed by atoms with Gasteiger partial charge in [0.05, 0.1) is 29.3 Å². The molecule has 3 aromatic rings. The van der Waals surface area contributed by atoms with Crippen molar-refractivity contribution in [2.24, 2.45) is 0 Å². The van der Waals surface area contributed by atoms with Gasteiger partial charge in [-0.15, -0.1) is 0 Å². The van der Waals surface area contributed by atoms with Gasteiger partial charge >= 0.3 is 5.97 Å². The lowest BCUT2D eigenvalue weighted by atomic mass is 9.89. The minimum absolute atomic E-state index is 0.0549. The molecule has 0 aromatic carbocycles. The zero-order chi connectivity index (χ0) is 16.1. The highest BCUT2D eigenvalue weighted by molar-refractivity contribution is 6.31. The Bertz CT molecular complexity index is 1020. The standard InChI is InChI=1S/C17H10N2O4/c1-23-17(22)11-10-6-2-3-8-19(10)14-12(11)16(21)13-9(15(14)20)5-4-7-18-13/h2-8H,1H3. The van der Waals surface area contributed by atoms with E-state index in [4.69, 9.17) is 4.74 Å². The molecule has 0 bridgehead atoms. The number of carbonyl (C=O) groups excluding carboxylic acids is 3. The summed E-state index contributed by atoms with van der Waals surface area (Å²) in [5.41, 5.74) is 1.08. The fraction of sp³-hybridized carbons (Fsp3) is 0.0588. The predicted molar refractivity (Wildman–Crippen MR) is 79.8 cm³/mol. The summed E-state index contributed by atoms with van der Waals surface area (Å²) in [6.45, 7) is 0. The molecule has 6 heteroatoms. The van der Waals surface area contributed by atoms with Gasteiger partial charge in [0.15, 0.2) is 0 Å². The normalized spacial score (nSPS) is 12.9. The number of nitrogens with zero attached hydrogens (tertiary/aromatic N) is 2. The van der Waals surface area contributed by atoms with Crippen LogP contribution >= 0.6 is 0 Å². The van der Waals surface area contributed by atoms with Crippen molar-refractivity contribution in [3.05, 3.63) is 70.8 Å². The molecule has 1 aliphatic carbocycles. The van der Waals surface area contributed by atoms with Crippen molar-refractivity contribution in [1.82, 2.24) is 9.38 Å². The molecule has 23 heavy (non-hydrogen) atoms. The highest BCUT2D eigenvalue weighted by Gasteiger charge is 2.38. The summed E-state index contributed by atoms with van der Waals surface area (Å²) < 4.78 is 6.36. The van der Waals surface area contributed by atoms with Crippen LogP contribution in [0.25, 0.3) is 5.52 Å². The number of carbonyl (C=O) groups is 3. The van der Waals surface area contributed by atoms with E-state index in [-0.39, 0.29) is 33.9 Å². The quantitative estimate of drug-likeness (QED) is 0.502. The lowest BCUT2D eigenvalue weighted by molar-refractivity contribution is 0.0600. The van der Waals surface area contributed by atoms with E-state index in [1.54, 1.807) is 40.9 Å². The fourth-order valence-electron chi connectivity index (χ4n) is 2.98. The van der Waals surface area contributed by atoms with Crippen molar-refractivity contribution < 1.29 is 19.1 Å². The van der Waals surface area contributed by atoms with Gasteiger partial charge in [-0.25, -0.2) is 4.79 Å². The maximum Gasteiger partial charge on any atom is 0.340 e. The third-order valence-electron chi connectivity index (χ3n) is 3.94. The Hall–Kier alpha value is -3.28. The Labute approximate surface area is 130 Å². The van der Waals surface area contributed by atoms with Crippen LogP contribution in [0.1, 0.15) is 42.5 Å². The molecule has 1 aliphatic rings. The molecule has 3 heterocycles. The molecule has 0 spiro atoms. The first-order valence-corrected chi connectivity index (χ1v) is 6.91. The largest absolute Gasteiger partial charge is 0.465 e. The van der Waals surface area contributed by atoms with Crippen molar-refractivity contribution in [1.29, 1.82) is 0 Å². The number of rotatable bonds is 1. The summed E-state index contributed by atoms with van der Waals surface area (Å²) in [6.07, 6.45) is 3.09. The number of hydrogen-bond acceptors (Lipinski definition) is 5. The predicted octanol–water partition coefficient (Wildman–Crippen LogP) is 1.90. The van der Waals surface area contributed by atoms with Gasteiger partial charge in [-0.3, -0.25) is 14.6 Å². The van der Waals surface area contributed by atoms with Gasteiger partial charge in [-0.05, 0) is 24.3 Å². The molecule has 0 saturated heterocycles. The lowest BCUT2D eigenvalue weighted by Crippen LogP contribution is -2.24. The highest BCUT2D eigenvalue weighted by Crippen LogP contribution is 2.33. The molecule has 4 rings (SSSR count). The van der Waals surface area contributed by atoms with Gasteiger partial charge in [-0.2, -0.15) is 0 Å². The molecule has 0 fully saturated rings. The molecule has 0 saturated carbocycles. The van der Waals surface area contributed by atoms with Crippen LogP contribution in [0, 0.1) is 0 Å². The number of ether oxygens (including phenoxy) is 1. The van der Waals surface area contributed by atoms with Gasteiger partial charge in [0.1, 0.15) is 11.4 Å². The first kappa shape index (κ1) is 13.4. The molecule has 0 amide bonds. The Morgan fingerprint density at radius 2 is 1.96 bits per heavy atom. The summed E-state index contributed by atoms with van der Waals surface area (Å²) >= 11 is 0. The van der Waals surface area contributed by atoms with Crippen LogP contribution in [-0.4, -0.2) is 34.0 Å². The Morgan fingerprint density at radius 3 is 2.74 bits per heavy atom. The number of methoxy groups -OCH3 is 1. The van der Waals surface area contributed by atoms with Crippen LogP contribution in [0.2, 0.25) is 0 Å². The monoisotopic (exact) mass is 306 g/mol. The summed E-state index contributed by atoms with van der Waals surface area (Å²) in [4.78, 5) is 41.9. The van der Waals surface area contributed by atoms with Crippen LogP contribution in [0.4, 0.5) is 0 Å². The zero-order valence-corrected chi connectivity index (χ0v) is 12.1. The van der Waals surface area contributed by atoms with Gasteiger partial charge in [0.2, 0.25) is 11.6 Å². The van der Waals surface area contributed by atoms with Crippen LogP contribution in [-0.2, 0) is 4.74 Å². The molecule has 0 aliphatic heterocycles. The summed E-state index contributed by atoms with van der Waals surface area (Å²) in [5.74, 6) is -1.44. The molecule has 6 nitrogen and oxygen atoms in total. The van der Waals surface area contributed by atoms with E-state index in [9.17, 15) is 14.4 Å². The Balaban J connectivity index is 2.17. The average Bonchev–Trinajstić information content (AvgIpc) is 2.94. The van der Waals surface area contributed by atoms with Crippen molar-refractivity contribution in [2.75, 3.05) is 7.11 Å². The first-order chi connectivity index (χ1) is 11.1. The van der Waals surface area contributed by atoms with Crippen LogP contribution < -0.4 is 0 Å². The van der Waals surface area contributed by atoms with Crippen molar-refractivity contribution in [3.63, 3.8) is 0 Å². The van der Waals surface area contributed by atoms with Gasteiger partial charge in [-0.1, -0.05) is 6.07 Å². The zero-order valence-electron chi connectivity index (χ0n) is 12.1. The third kappa shape index (κ3) is 1.63. The first-order valence-electron chi connectivity index (χ1n) is 6.91. The molecule has 0 radical (unpaired) electrons. The second kappa shape index (κ2) is 4.61. The smallest absolute Gasteiger partial charge is 0.340 e. The van der Waals surface area contributed by atoms with Crippen molar-refractivity contribution >= 4 is 23.1 Å². The van der Waals surface area contributed by atoms with E-state index >= 15 is 0 Å². The molecule has 112 valence electrons. The maximum absolute atomic E-state index is 12.8. The van der Waals surface area contributed by atoms with Gasteiger partial charge in [0.25, 0.3) is 0 Å². The topological polar surface area (TPSA) is 77.7 Å². The molecule has 3 aromatic heterocycles. The number of ketones is 2. The van der Waals surface area contributed by atoms with E-state index in [0.29, 0.717) is 5.52 Å². The number of hydrogen-bond donors (Lipinski definition) is 0. The Morgan fingerprint density at radius 1 is 1.13 bits per heavy atom. The summed E-state index contributed by atoms with van der Waals surface area (Å²) in [7, 11) is 1.24. The van der Waals surface area contributed by atoms with Crippen LogP contribution in [0.15, 0.2) is 42.7 Å². The summed E-state index contributed by atoms with van der Waals surface area (Å²) in [6, 6.07) is 8.29. The van der Waals surface area contributed by atoms with Gasteiger partial charge in [0, 0.05) is 12.4 Å². The van der Waals surface area contributed by atoms with Crippen molar-refractivity contribution in [2.45, 2.75) is 0 Å². The maximum atomic E-state index is 12.8. The van der Waals surface area contributed by atoms with Gasteiger partial charge < -0.3 is 9.14 Å². The number of fused-ring (bicyclic) bond motifs is 4. The average molecular weight is 306 g/mol. The number of esters is 1. The molecule has 0 unspecified atom stereocenters. The molecular formula is C17H10N2O4. The SMILES string of the molecule is COC(=O)c1c2c(n3ccccc13)C(=O)c1cccnc1C2=O. The van der Waals surface area contributed by atoms with E-state index < -0.39 is 11.8 Å². The minimum atomic E-state index is -0.657. The molecular weight excluding hydrogens is 296 g/mol. The van der Waals surface area contributed by atoms with Crippen molar-refractivity contribution in [3.8, 4) is 0 Å². The number of aromatic nitrogens is 2. The van der Waals surface area contributed by atoms with Crippen LogP contribution in [0.5, 0.6) is 0 Å². The Kier molecular flexibility index (Phi) is 2.68. The highest BCUT2D eigenvalue weighted by atomic mass is 16.5. The van der Waals surface area contributed by atoms with E-state index in [0.717, 1.165) is 0 Å². The minimum Gasteiger partial charge on any atom is -0.465 e. The summed E-state index contributed by atoms with van der Waals surface area (Å²) in [5, 5.41) is 0. The lowest BCUT2D eigenvalue weighted by Gasteiger charge is -2.14. The third-order valence-corrected chi connectivity index (χ3v) is 3.94.